The zero-order chi connectivity index (χ0) is 15.1. The second-order valence-electron chi connectivity index (χ2n) is 4.69. The Kier molecular flexibility index (Phi) is 14.1. The van der Waals surface area contributed by atoms with Gasteiger partial charge in [-0.3, -0.25) is 9.78 Å². The maximum Gasteiger partial charge on any atom is 0.356 e. The van der Waals surface area contributed by atoms with Gasteiger partial charge in [-0.05, 0) is 33.2 Å². The van der Waals surface area contributed by atoms with E-state index < -0.39 is 5.97 Å². The predicted octanol–water partition coefficient (Wildman–Crippen LogP) is 2.25. The average molecular weight is 328 g/mol. The summed E-state index contributed by atoms with van der Waals surface area (Å²) >= 11 is 0. The number of rotatable bonds is 2. The van der Waals surface area contributed by atoms with Gasteiger partial charge in [0, 0.05) is 18.4 Å². The van der Waals surface area contributed by atoms with Crippen molar-refractivity contribution in [3.63, 3.8) is 0 Å². The van der Waals surface area contributed by atoms with E-state index in [0.717, 1.165) is 19.4 Å². The van der Waals surface area contributed by atoms with Crippen LogP contribution in [-0.2, 0) is 4.79 Å². The molecule has 0 radical (unpaired) electrons. The van der Waals surface area contributed by atoms with Gasteiger partial charge in [0.1, 0.15) is 0 Å². The van der Waals surface area contributed by atoms with E-state index in [1.54, 1.807) is 6.92 Å². The molecule has 2 unspecified atom stereocenters. The number of aryl methyl sites for hydroxylation is 1. The third-order valence-electron chi connectivity index (χ3n) is 3.21. The zero-order valence-corrected chi connectivity index (χ0v) is 11.7. The maximum atomic E-state index is 10.7. The van der Waals surface area contributed by atoms with E-state index in [1.807, 2.05) is 6.92 Å². The lowest BCUT2D eigenvalue weighted by atomic mass is 9.92. The summed E-state index contributed by atoms with van der Waals surface area (Å²) in [6.45, 7) is 4.63. The van der Waals surface area contributed by atoms with Crippen LogP contribution in [0.15, 0.2) is 12.4 Å². The molecule has 1 aromatic heterocycles. The average Bonchev–Trinajstić information content (AvgIpc) is 2.40. The summed E-state index contributed by atoms with van der Waals surface area (Å²) in [4.78, 5) is 28.4. The SMILES string of the molecule is C.C.C.CC1NCCCC1C(N)=O.Cc1nccnc1C(=O)O. The number of nitrogens with two attached hydrogens (primary N) is 1. The monoisotopic (exact) mass is 328 g/mol. The van der Waals surface area contributed by atoms with E-state index in [2.05, 4.69) is 15.3 Å². The summed E-state index contributed by atoms with van der Waals surface area (Å²) in [6, 6.07) is 0.270. The number of carboxylic acids is 1. The molecule has 0 bridgehead atoms. The van der Waals surface area contributed by atoms with Crippen LogP contribution in [0.1, 0.15) is 58.2 Å². The standard InChI is InChI=1S/C7H14N2O.C6H6N2O2.3CH4/c1-5-6(7(8)10)3-2-4-9-5;1-4-5(6(9)10)8-3-2-7-4;;;/h5-6,9H,2-4H2,1H3,(H2,8,10);2-3H,1H3,(H,9,10);3*1H4. The number of nitrogens with zero attached hydrogens (tertiary/aromatic N) is 2. The van der Waals surface area contributed by atoms with Crippen LogP contribution in [-0.4, -0.2) is 39.5 Å². The molecule has 1 saturated heterocycles. The van der Waals surface area contributed by atoms with Crippen molar-refractivity contribution in [1.29, 1.82) is 0 Å². The Balaban J connectivity index is -0.000000308. The Hall–Kier alpha value is -2.02. The number of carbonyl (C=O) groups excluding carboxylic acids is 1. The van der Waals surface area contributed by atoms with Crippen LogP contribution < -0.4 is 11.1 Å². The normalized spacial score (nSPS) is 18.7. The van der Waals surface area contributed by atoms with E-state index in [-0.39, 0.29) is 45.8 Å². The molecule has 2 heterocycles. The molecule has 1 amide bonds. The Bertz CT molecular complexity index is 480. The third kappa shape index (κ3) is 8.25. The molecule has 0 saturated carbocycles. The Morgan fingerprint density at radius 1 is 1.26 bits per heavy atom. The highest BCUT2D eigenvalue weighted by Gasteiger charge is 2.24. The van der Waals surface area contributed by atoms with Crippen molar-refractivity contribution in [2.45, 2.75) is 55.0 Å². The number of piperidine rings is 1. The first-order valence-corrected chi connectivity index (χ1v) is 6.47. The van der Waals surface area contributed by atoms with Crippen molar-refractivity contribution >= 4 is 11.9 Å². The van der Waals surface area contributed by atoms with E-state index in [0.29, 0.717) is 5.69 Å². The Morgan fingerprint density at radius 2 is 1.83 bits per heavy atom. The van der Waals surface area contributed by atoms with Gasteiger partial charge in [-0.2, -0.15) is 0 Å². The molecular formula is C16H32N4O3. The number of hydrogen-bond acceptors (Lipinski definition) is 5. The lowest BCUT2D eigenvalue weighted by Crippen LogP contribution is -2.44. The molecule has 1 fully saturated rings. The molecule has 1 aromatic rings. The molecule has 1 aliphatic rings. The number of primary amides is 1. The fourth-order valence-electron chi connectivity index (χ4n) is 2.05. The lowest BCUT2D eigenvalue weighted by molar-refractivity contribution is -0.123. The summed E-state index contributed by atoms with van der Waals surface area (Å²) in [7, 11) is 0. The highest BCUT2D eigenvalue weighted by Crippen LogP contribution is 2.14. The molecule has 7 nitrogen and oxygen atoms in total. The van der Waals surface area contributed by atoms with Gasteiger partial charge in [0.05, 0.1) is 11.6 Å². The van der Waals surface area contributed by atoms with Crippen LogP contribution in [0.5, 0.6) is 0 Å². The second kappa shape index (κ2) is 12.5. The van der Waals surface area contributed by atoms with E-state index >= 15 is 0 Å². The molecule has 4 N–H and O–H groups in total. The summed E-state index contributed by atoms with van der Waals surface area (Å²) in [6.07, 6.45) is 4.83. The fraction of sp³-hybridized carbons (Fsp3) is 0.625. The van der Waals surface area contributed by atoms with Gasteiger partial charge in [-0.15, -0.1) is 0 Å². The quantitative estimate of drug-likeness (QED) is 0.766. The smallest absolute Gasteiger partial charge is 0.356 e. The first kappa shape index (κ1) is 25.9. The van der Waals surface area contributed by atoms with Gasteiger partial charge in [-0.25, -0.2) is 9.78 Å². The molecule has 1 aliphatic heterocycles. The van der Waals surface area contributed by atoms with Gasteiger partial charge in [-0.1, -0.05) is 22.3 Å². The van der Waals surface area contributed by atoms with Crippen LogP contribution in [0.2, 0.25) is 0 Å². The van der Waals surface area contributed by atoms with Gasteiger partial charge in [0.2, 0.25) is 5.91 Å². The van der Waals surface area contributed by atoms with Crippen molar-refractivity contribution in [1.82, 2.24) is 15.3 Å². The van der Waals surface area contributed by atoms with Crippen molar-refractivity contribution in [2.75, 3.05) is 6.54 Å². The summed E-state index contributed by atoms with van der Waals surface area (Å²) in [5.74, 6) is -1.15. The number of amides is 1. The predicted molar refractivity (Wildman–Crippen MR) is 93.3 cm³/mol. The number of aromatic carboxylic acids is 1. The molecule has 7 heteroatoms. The zero-order valence-electron chi connectivity index (χ0n) is 11.7. The molecular weight excluding hydrogens is 296 g/mol. The van der Waals surface area contributed by atoms with Gasteiger partial charge < -0.3 is 16.2 Å². The topological polar surface area (TPSA) is 118 Å². The van der Waals surface area contributed by atoms with Crippen LogP contribution in [0.25, 0.3) is 0 Å². The summed E-state index contributed by atoms with van der Waals surface area (Å²) in [5, 5.41) is 11.7. The van der Waals surface area contributed by atoms with Crippen molar-refractivity contribution < 1.29 is 14.7 Å². The molecule has 2 atom stereocenters. The molecule has 2 rings (SSSR count). The van der Waals surface area contributed by atoms with E-state index in [4.69, 9.17) is 10.8 Å². The van der Waals surface area contributed by atoms with Crippen LogP contribution in [0.3, 0.4) is 0 Å². The van der Waals surface area contributed by atoms with Crippen LogP contribution >= 0.6 is 0 Å². The minimum atomic E-state index is -1.04. The van der Waals surface area contributed by atoms with Crippen LogP contribution in [0, 0.1) is 12.8 Å². The number of carbonyl (C=O) groups is 2. The van der Waals surface area contributed by atoms with Crippen molar-refractivity contribution in [3.05, 3.63) is 23.8 Å². The Labute approximate surface area is 139 Å². The van der Waals surface area contributed by atoms with Gasteiger partial charge >= 0.3 is 5.97 Å². The highest BCUT2D eigenvalue weighted by molar-refractivity contribution is 5.86. The molecule has 0 aromatic carbocycles. The third-order valence-corrected chi connectivity index (χ3v) is 3.21. The highest BCUT2D eigenvalue weighted by atomic mass is 16.4. The van der Waals surface area contributed by atoms with Crippen molar-refractivity contribution in [2.24, 2.45) is 11.7 Å². The number of nitrogens with one attached hydrogen (secondary N) is 1. The van der Waals surface area contributed by atoms with Gasteiger partial charge in [0.15, 0.2) is 5.69 Å². The number of hydrogen-bond donors (Lipinski definition) is 3. The fourth-order valence-corrected chi connectivity index (χ4v) is 2.05. The lowest BCUT2D eigenvalue weighted by Gasteiger charge is -2.27. The molecule has 0 spiro atoms. The van der Waals surface area contributed by atoms with Gasteiger partial charge in [0.25, 0.3) is 0 Å². The maximum absolute atomic E-state index is 10.7. The van der Waals surface area contributed by atoms with Crippen LogP contribution in [0.4, 0.5) is 0 Å². The molecule has 0 aliphatic carbocycles. The number of aromatic nitrogens is 2. The summed E-state index contributed by atoms with van der Waals surface area (Å²) in [5.41, 5.74) is 5.63. The number of carboxylic acid groups (broad SMARTS) is 1. The first-order valence-electron chi connectivity index (χ1n) is 6.47. The van der Waals surface area contributed by atoms with E-state index in [9.17, 15) is 9.59 Å². The largest absolute Gasteiger partial charge is 0.476 e. The minimum absolute atomic E-state index is 0. The first-order chi connectivity index (χ1) is 9.43. The second-order valence-corrected chi connectivity index (χ2v) is 4.69. The Morgan fingerprint density at radius 3 is 2.17 bits per heavy atom. The summed E-state index contributed by atoms with van der Waals surface area (Å²) < 4.78 is 0. The minimum Gasteiger partial charge on any atom is -0.476 e. The van der Waals surface area contributed by atoms with E-state index in [1.165, 1.54) is 12.4 Å². The molecule has 23 heavy (non-hydrogen) atoms. The van der Waals surface area contributed by atoms with Crippen molar-refractivity contribution in [3.8, 4) is 0 Å². The molecule has 134 valence electrons.